The smallest absolute Gasteiger partial charge is 0.407 e. The van der Waals surface area contributed by atoms with E-state index in [9.17, 15) is 19.2 Å². The lowest BCUT2D eigenvalue weighted by Gasteiger charge is -2.41. The fourth-order valence-electron chi connectivity index (χ4n) is 10.4. The number of ether oxygens (including phenoxy) is 4. The third kappa shape index (κ3) is 7.24. The van der Waals surface area contributed by atoms with Gasteiger partial charge in [0.15, 0.2) is 0 Å². The van der Waals surface area contributed by atoms with Crippen LogP contribution in [0.15, 0.2) is 79.0 Å². The molecule has 16 heteroatoms. The normalized spacial score (nSPS) is 23.0. The van der Waals surface area contributed by atoms with Gasteiger partial charge in [0.25, 0.3) is 5.91 Å². The Kier molecular flexibility index (Phi) is 10.7. The van der Waals surface area contributed by atoms with Crippen LogP contribution in [0.1, 0.15) is 73.5 Å². The molecule has 64 heavy (non-hydrogen) atoms. The summed E-state index contributed by atoms with van der Waals surface area (Å²) in [5.41, 5.74) is 7.15. The number of rotatable bonds is 9. The van der Waals surface area contributed by atoms with Crippen molar-refractivity contribution < 1.29 is 38.1 Å². The zero-order valence-electron chi connectivity index (χ0n) is 36.1. The summed E-state index contributed by atoms with van der Waals surface area (Å²) in [6, 6.07) is 21.6. The predicted molar refractivity (Wildman–Crippen MR) is 236 cm³/mol. The molecule has 330 valence electrons. The summed E-state index contributed by atoms with van der Waals surface area (Å²) < 4.78 is 21.7. The maximum Gasteiger partial charge on any atom is 0.407 e. The van der Waals surface area contributed by atoms with E-state index in [-0.39, 0.29) is 41.8 Å². The Morgan fingerprint density at radius 3 is 2.53 bits per heavy atom. The number of carbonyl (C=O) groups excluding carboxylic acids is 4. The van der Waals surface area contributed by atoms with Crippen LogP contribution in [0.25, 0.3) is 44.2 Å². The van der Waals surface area contributed by atoms with E-state index in [2.05, 4.69) is 57.0 Å². The van der Waals surface area contributed by atoms with Crippen molar-refractivity contribution in [2.45, 2.75) is 69.4 Å². The molecule has 4 aliphatic heterocycles. The first-order chi connectivity index (χ1) is 31.1. The van der Waals surface area contributed by atoms with Crippen LogP contribution in [0, 0.1) is 11.8 Å². The first kappa shape index (κ1) is 41.1. The van der Waals surface area contributed by atoms with Gasteiger partial charge < -0.3 is 49.3 Å². The average Bonchev–Trinajstić information content (AvgIpc) is 4.15. The molecule has 0 aliphatic carbocycles. The van der Waals surface area contributed by atoms with E-state index in [1.165, 1.54) is 14.2 Å². The molecule has 0 saturated carbocycles. The van der Waals surface area contributed by atoms with Gasteiger partial charge in [-0.2, -0.15) is 0 Å². The van der Waals surface area contributed by atoms with E-state index in [4.69, 9.17) is 28.9 Å². The van der Waals surface area contributed by atoms with Crippen molar-refractivity contribution >= 4 is 45.8 Å². The van der Waals surface area contributed by atoms with Crippen LogP contribution >= 0.6 is 0 Å². The van der Waals surface area contributed by atoms with Crippen molar-refractivity contribution in [1.82, 2.24) is 40.4 Å². The van der Waals surface area contributed by atoms with Gasteiger partial charge in [0.05, 0.1) is 55.8 Å². The van der Waals surface area contributed by atoms with Crippen molar-refractivity contribution in [3.63, 3.8) is 0 Å². The van der Waals surface area contributed by atoms with E-state index < -0.39 is 24.3 Å². The SMILES string of the molecule is COC[C@H]1C[C@@H](c2ncc(-c3ccc4c(c3)COc3cc5c(ccc6nc([C@@H]7CC[C@@H]8CC(C)[C@H](NC(=O)OC)C(=O)N87)[nH]c65)cc3-4)[nH]2)N(C(=O)[C@H](NC(=O)OC)c2ccccc2)C1. The van der Waals surface area contributed by atoms with Crippen LogP contribution in [0.3, 0.4) is 0 Å². The Balaban J connectivity index is 0.907. The Labute approximate surface area is 369 Å². The average molecular weight is 867 g/mol. The minimum atomic E-state index is -0.946. The topological polar surface area (TPSA) is 193 Å². The fraction of sp³-hybridized carbons (Fsp3) is 0.375. The Morgan fingerprint density at radius 2 is 1.73 bits per heavy atom. The summed E-state index contributed by atoms with van der Waals surface area (Å²) in [6.45, 7) is 3.28. The molecular formula is C48H50N8O8. The van der Waals surface area contributed by atoms with Gasteiger partial charge >= 0.3 is 12.2 Å². The molecule has 3 fully saturated rings. The molecule has 0 radical (unpaired) electrons. The number of nitrogens with one attached hydrogen (secondary N) is 4. The standard InChI is InChI=1S/C48H50N8O8/c1-25-16-31-12-15-37(56(31)46(58)40(25)53-47(59)62-3)44-50-35-14-11-28-19-34-32-13-10-29(18-30(32)24-64-39(34)20-33(28)42(35)52-44)36-21-49-43(51-36)38-17-26(23-61-2)22-55(38)45(57)41(54-48(60)63-4)27-8-6-5-7-9-27/h5-11,13-14,18-21,25-26,31,37-38,40-41H,12,15-17,22-24H2,1-4H3,(H,49,51)(H,50,52)(H,53,59)(H,54,60)/t25?,26-,31+,37-,38-,40-,41+/m0/s1. The van der Waals surface area contributed by atoms with E-state index in [1.54, 1.807) is 18.2 Å². The van der Waals surface area contributed by atoms with Gasteiger partial charge in [0, 0.05) is 36.6 Å². The molecule has 16 nitrogen and oxygen atoms in total. The van der Waals surface area contributed by atoms with Gasteiger partial charge in [0.2, 0.25) is 5.91 Å². The lowest BCUT2D eigenvalue weighted by molar-refractivity contribution is -0.142. The van der Waals surface area contributed by atoms with Gasteiger partial charge in [-0.15, -0.1) is 0 Å². The molecule has 10 rings (SSSR count). The summed E-state index contributed by atoms with van der Waals surface area (Å²) >= 11 is 0. The van der Waals surface area contributed by atoms with Gasteiger partial charge in [0.1, 0.15) is 36.1 Å². The number of alkyl carbamates (subject to hydrolysis) is 2. The molecule has 7 atom stereocenters. The molecular weight excluding hydrogens is 817 g/mol. The van der Waals surface area contributed by atoms with Crippen LogP contribution in [0.5, 0.6) is 5.75 Å². The molecule has 4 aliphatic rings. The number of fused-ring (bicyclic) bond motifs is 7. The molecule has 3 saturated heterocycles. The molecule has 2 aromatic heterocycles. The number of hydrogen-bond donors (Lipinski definition) is 4. The van der Waals surface area contributed by atoms with Crippen molar-refractivity contribution in [3.8, 4) is 28.1 Å². The van der Waals surface area contributed by atoms with Crippen LogP contribution in [-0.4, -0.2) is 100 Å². The van der Waals surface area contributed by atoms with Crippen molar-refractivity contribution in [2.24, 2.45) is 11.8 Å². The number of piperidine rings is 1. The molecule has 4 amide bonds. The van der Waals surface area contributed by atoms with E-state index >= 15 is 0 Å². The number of carbonyl (C=O) groups is 4. The van der Waals surface area contributed by atoms with Crippen molar-refractivity contribution in [1.29, 1.82) is 0 Å². The second kappa shape index (κ2) is 16.6. The number of aromatic amines is 2. The number of benzene rings is 4. The number of nitrogens with zero attached hydrogens (tertiary/aromatic N) is 4. The number of likely N-dealkylation sites (tertiary alicyclic amines) is 1. The van der Waals surface area contributed by atoms with Crippen LogP contribution in [0.2, 0.25) is 0 Å². The zero-order chi connectivity index (χ0) is 44.2. The molecule has 4 N–H and O–H groups in total. The number of aromatic nitrogens is 4. The molecule has 6 aromatic rings. The van der Waals surface area contributed by atoms with Crippen LogP contribution in [-0.2, 0) is 30.4 Å². The number of H-pyrrole nitrogens is 2. The van der Waals surface area contributed by atoms with Gasteiger partial charge in [-0.1, -0.05) is 55.5 Å². The Hall–Kier alpha value is -6.94. The summed E-state index contributed by atoms with van der Waals surface area (Å²) in [5, 5.41) is 7.49. The quantitative estimate of drug-likeness (QED) is 0.117. The second-order valence-electron chi connectivity index (χ2n) is 17.4. The highest BCUT2D eigenvalue weighted by Crippen LogP contribution is 2.45. The number of imidazole rings is 2. The molecule has 0 spiro atoms. The first-order valence-electron chi connectivity index (χ1n) is 21.8. The summed E-state index contributed by atoms with van der Waals surface area (Å²) in [5.74, 6) is 1.85. The van der Waals surface area contributed by atoms with Gasteiger partial charge in [-0.25, -0.2) is 19.6 Å². The highest BCUT2D eigenvalue weighted by atomic mass is 16.5. The zero-order valence-corrected chi connectivity index (χ0v) is 36.1. The molecule has 4 aromatic carbocycles. The molecule has 6 heterocycles. The highest BCUT2D eigenvalue weighted by molar-refractivity contribution is 6.07. The lowest BCUT2D eigenvalue weighted by atomic mass is 9.88. The van der Waals surface area contributed by atoms with Gasteiger partial charge in [-0.05, 0) is 83.5 Å². The second-order valence-corrected chi connectivity index (χ2v) is 17.4. The molecule has 1 unspecified atom stereocenters. The summed E-state index contributed by atoms with van der Waals surface area (Å²) in [4.78, 5) is 73.3. The van der Waals surface area contributed by atoms with E-state index in [1.807, 2.05) is 48.2 Å². The first-order valence-corrected chi connectivity index (χ1v) is 21.8. The minimum absolute atomic E-state index is 0.00648. The van der Waals surface area contributed by atoms with Crippen molar-refractivity contribution in [2.75, 3.05) is 34.5 Å². The number of methoxy groups -OCH3 is 3. The Morgan fingerprint density at radius 1 is 0.906 bits per heavy atom. The highest BCUT2D eigenvalue weighted by Gasteiger charge is 2.48. The lowest BCUT2D eigenvalue weighted by Crippen LogP contribution is -2.58. The third-order valence-corrected chi connectivity index (χ3v) is 13.5. The number of hydrogen-bond acceptors (Lipinski definition) is 10. The Bertz CT molecular complexity index is 2790. The predicted octanol–water partition coefficient (Wildman–Crippen LogP) is 7.10. The van der Waals surface area contributed by atoms with E-state index in [0.29, 0.717) is 37.6 Å². The van der Waals surface area contributed by atoms with Crippen LogP contribution < -0.4 is 15.4 Å². The van der Waals surface area contributed by atoms with Crippen LogP contribution in [0.4, 0.5) is 9.59 Å². The summed E-state index contributed by atoms with van der Waals surface area (Å²) in [6.07, 6.45) is 3.57. The largest absolute Gasteiger partial charge is 0.488 e. The summed E-state index contributed by atoms with van der Waals surface area (Å²) in [7, 11) is 4.23. The van der Waals surface area contributed by atoms with Gasteiger partial charge in [-0.3, -0.25) is 9.59 Å². The van der Waals surface area contributed by atoms with E-state index in [0.717, 1.165) is 80.6 Å². The monoisotopic (exact) mass is 866 g/mol. The number of amides is 4. The third-order valence-electron chi connectivity index (χ3n) is 13.5. The fourth-order valence-corrected chi connectivity index (χ4v) is 10.4. The minimum Gasteiger partial charge on any atom is -0.488 e. The maximum absolute atomic E-state index is 14.3. The van der Waals surface area contributed by atoms with Crippen molar-refractivity contribution in [3.05, 3.63) is 102 Å². The maximum atomic E-state index is 14.3. The molecule has 0 bridgehead atoms.